The van der Waals surface area contributed by atoms with E-state index in [4.69, 9.17) is 0 Å². The first-order valence-electron chi connectivity index (χ1n) is 4.32. The zero-order valence-corrected chi connectivity index (χ0v) is 7.90. The maximum atomic E-state index is 11.3. The molecule has 0 spiro atoms. The fraction of sp³-hybridized carbons (Fsp3) is 0.556. The molecule has 4 heteroatoms. The van der Waals surface area contributed by atoms with Crippen LogP contribution in [-0.2, 0) is 18.3 Å². The standard InChI is InChI=1S/C9H14N2O2/c1-3-7(12)8(13)6-9-10-4-5-11(9)2/h4-5,7,12H,3,6H2,1-2H3. The lowest BCUT2D eigenvalue weighted by atomic mass is 10.1. The van der Waals surface area contributed by atoms with Crippen LogP contribution in [0.2, 0.25) is 0 Å². The fourth-order valence-corrected chi connectivity index (χ4v) is 1.07. The molecule has 0 aliphatic carbocycles. The molecule has 4 nitrogen and oxygen atoms in total. The van der Waals surface area contributed by atoms with Crippen molar-refractivity contribution in [1.29, 1.82) is 0 Å². The third-order valence-electron chi connectivity index (χ3n) is 2.01. The maximum absolute atomic E-state index is 11.3. The molecule has 1 aromatic rings. The van der Waals surface area contributed by atoms with Crippen LogP contribution in [0.5, 0.6) is 0 Å². The van der Waals surface area contributed by atoms with Gasteiger partial charge in [0.2, 0.25) is 0 Å². The van der Waals surface area contributed by atoms with E-state index >= 15 is 0 Å². The average Bonchev–Trinajstić information content (AvgIpc) is 2.50. The van der Waals surface area contributed by atoms with Gasteiger partial charge < -0.3 is 9.67 Å². The Morgan fingerprint density at radius 2 is 2.46 bits per heavy atom. The second-order valence-electron chi connectivity index (χ2n) is 3.02. The Kier molecular flexibility index (Phi) is 3.19. The molecule has 1 aromatic heterocycles. The molecule has 0 radical (unpaired) electrons. The van der Waals surface area contributed by atoms with Gasteiger partial charge in [0.05, 0.1) is 6.42 Å². The van der Waals surface area contributed by atoms with Crippen molar-refractivity contribution in [2.45, 2.75) is 25.9 Å². The van der Waals surface area contributed by atoms with Crippen molar-refractivity contribution in [2.75, 3.05) is 0 Å². The van der Waals surface area contributed by atoms with Crippen LogP contribution >= 0.6 is 0 Å². The predicted molar refractivity (Wildman–Crippen MR) is 48.2 cm³/mol. The fourth-order valence-electron chi connectivity index (χ4n) is 1.07. The van der Waals surface area contributed by atoms with Crippen molar-refractivity contribution in [1.82, 2.24) is 9.55 Å². The molecule has 0 aliphatic rings. The highest BCUT2D eigenvalue weighted by Crippen LogP contribution is 2.01. The van der Waals surface area contributed by atoms with Crippen molar-refractivity contribution in [3.8, 4) is 0 Å². The third kappa shape index (κ3) is 2.39. The van der Waals surface area contributed by atoms with E-state index in [1.807, 2.05) is 7.05 Å². The van der Waals surface area contributed by atoms with Crippen LogP contribution in [0.4, 0.5) is 0 Å². The molecule has 1 rings (SSSR count). The van der Waals surface area contributed by atoms with E-state index in [1.54, 1.807) is 23.9 Å². The number of hydrogen-bond donors (Lipinski definition) is 1. The molecule has 1 N–H and O–H groups in total. The molecule has 0 saturated heterocycles. The van der Waals surface area contributed by atoms with Crippen LogP contribution in [0.25, 0.3) is 0 Å². The van der Waals surface area contributed by atoms with Crippen LogP contribution in [0, 0.1) is 0 Å². The van der Waals surface area contributed by atoms with E-state index < -0.39 is 6.10 Å². The van der Waals surface area contributed by atoms with E-state index in [1.165, 1.54) is 0 Å². The van der Waals surface area contributed by atoms with Gasteiger partial charge >= 0.3 is 0 Å². The molecule has 0 bridgehead atoms. The number of aryl methyl sites for hydroxylation is 1. The zero-order valence-electron chi connectivity index (χ0n) is 7.90. The first-order valence-corrected chi connectivity index (χ1v) is 4.32. The lowest BCUT2D eigenvalue weighted by Gasteiger charge is -2.05. The second kappa shape index (κ2) is 4.18. The van der Waals surface area contributed by atoms with Crippen molar-refractivity contribution in [2.24, 2.45) is 7.05 Å². The number of aromatic nitrogens is 2. The Bertz CT molecular complexity index is 294. The number of nitrogens with zero attached hydrogens (tertiary/aromatic N) is 2. The molecule has 0 fully saturated rings. The summed E-state index contributed by atoms with van der Waals surface area (Å²) in [4.78, 5) is 15.3. The van der Waals surface area contributed by atoms with Gasteiger partial charge in [-0.25, -0.2) is 4.98 Å². The number of carbonyl (C=O) groups excluding carboxylic acids is 1. The minimum atomic E-state index is -0.850. The van der Waals surface area contributed by atoms with Gasteiger partial charge in [-0.1, -0.05) is 6.92 Å². The van der Waals surface area contributed by atoms with Crippen LogP contribution in [0.1, 0.15) is 19.2 Å². The number of ketones is 1. The highest BCUT2D eigenvalue weighted by molar-refractivity contribution is 5.84. The number of hydrogen-bond acceptors (Lipinski definition) is 3. The van der Waals surface area contributed by atoms with E-state index in [0.717, 1.165) is 0 Å². The molecular weight excluding hydrogens is 168 g/mol. The van der Waals surface area contributed by atoms with Crippen molar-refractivity contribution in [3.05, 3.63) is 18.2 Å². The van der Waals surface area contributed by atoms with Crippen LogP contribution in [0.3, 0.4) is 0 Å². The monoisotopic (exact) mass is 182 g/mol. The number of rotatable bonds is 4. The van der Waals surface area contributed by atoms with Crippen LogP contribution in [0.15, 0.2) is 12.4 Å². The Morgan fingerprint density at radius 3 is 2.92 bits per heavy atom. The molecule has 1 unspecified atom stereocenters. The SMILES string of the molecule is CCC(O)C(=O)Cc1nccn1C. The minimum absolute atomic E-state index is 0.170. The molecule has 1 atom stereocenters. The molecule has 1 heterocycles. The summed E-state index contributed by atoms with van der Waals surface area (Å²) in [6, 6.07) is 0. The molecule has 0 amide bonds. The first kappa shape index (κ1) is 9.92. The Balaban J connectivity index is 2.60. The van der Waals surface area contributed by atoms with E-state index in [9.17, 15) is 9.90 Å². The molecular formula is C9H14N2O2. The van der Waals surface area contributed by atoms with Gasteiger partial charge in [0.1, 0.15) is 11.9 Å². The molecule has 72 valence electrons. The summed E-state index contributed by atoms with van der Waals surface area (Å²) in [6.45, 7) is 1.78. The second-order valence-corrected chi connectivity index (χ2v) is 3.02. The summed E-state index contributed by atoms with van der Waals surface area (Å²) >= 11 is 0. The molecule has 13 heavy (non-hydrogen) atoms. The first-order chi connectivity index (χ1) is 6.15. The van der Waals surface area contributed by atoms with Crippen LogP contribution < -0.4 is 0 Å². The lowest BCUT2D eigenvalue weighted by molar-refractivity contribution is -0.126. The van der Waals surface area contributed by atoms with Gasteiger partial charge in [-0.2, -0.15) is 0 Å². The summed E-state index contributed by atoms with van der Waals surface area (Å²) in [7, 11) is 1.83. The smallest absolute Gasteiger partial charge is 0.168 e. The van der Waals surface area contributed by atoms with E-state index in [-0.39, 0.29) is 12.2 Å². The number of aliphatic hydroxyl groups excluding tert-OH is 1. The predicted octanol–water partition coefficient (Wildman–Crippen LogP) is 0.303. The van der Waals surface area contributed by atoms with Crippen molar-refractivity contribution < 1.29 is 9.90 Å². The molecule has 0 saturated carbocycles. The number of carbonyl (C=O) groups is 1. The van der Waals surface area contributed by atoms with Crippen LogP contribution in [-0.4, -0.2) is 26.5 Å². The lowest BCUT2D eigenvalue weighted by Crippen LogP contribution is -2.22. The summed E-state index contributed by atoms with van der Waals surface area (Å²) < 4.78 is 1.78. The van der Waals surface area contributed by atoms with Gasteiger partial charge in [0.25, 0.3) is 0 Å². The number of imidazole rings is 1. The Labute approximate surface area is 77.2 Å². The molecule has 0 aliphatic heterocycles. The normalized spacial score (nSPS) is 12.8. The Hall–Kier alpha value is -1.16. The summed E-state index contributed by atoms with van der Waals surface area (Å²) in [6.07, 6.45) is 3.24. The van der Waals surface area contributed by atoms with E-state index in [2.05, 4.69) is 4.98 Å². The zero-order chi connectivity index (χ0) is 9.84. The van der Waals surface area contributed by atoms with Gasteiger partial charge in [0, 0.05) is 19.4 Å². The quantitative estimate of drug-likeness (QED) is 0.728. The van der Waals surface area contributed by atoms with Gasteiger partial charge in [0.15, 0.2) is 5.78 Å². The maximum Gasteiger partial charge on any atom is 0.168 e. The number of aliphatic hydroxyl groups is 1. The highest BCUT2D eigenvalue weighted by Gasteiger charge is 2.14. The average molecular weight is 182 g/mol. The topological polar surface area (TPSA) is 55.1 Å². The third-order valence-corrected chi connectivity index (χ3v) is 2.01. The summed E-state index contributed by atoms with van der Waals surface area (Å²) in [5.41, 5.74) is 0. The number of Topliss-reactive ketones (excluding diaryl/α,β-unsaturated/α-hetero) is 1. The summed E-state index contributed by atoms with van der Waals surface area (Å²) in [5.74, 6) is 0.523. The van der Waals surface area contributed by atoms with Gasteiger partial charge in [-0.3, -0.25) is 4.79 Å². The minimum Gasteiger partial charge on any atom is -0.385 e. The Morgan fingerprint density at radius 1 is 1.77 bits per heavy atom. The molecule has 0 aromatic carbocycles. The summed E-state index contributed by atoms with van der Waals surface area (Å²) in [5, 5.41) is 9.23. The van der Waals surface area contributed by atoms with Crippen molar-refractivity contribution in [3.63, 3.8) is 0 Å². The van der Waals surface area contributed by atoms with E-state index in [0.29, 0.717) is 12.2 Å². The van der Waals surface area contributed by atoms with Gasteiger partial charge in [-0.15, -0.1) is 0 Å². The highest BCUT2D eigenvalue weighted by atomic mass is 16.3. The van der Waals surface area contributed by atoms with Gasteiger partial charge in [-0.05, 0) is 6.42 Å². The largest absolute Gasteiger partial charge is 0.385 e. The van der Waals surface area contributed by atoms with Crippen molar-refractivity contribution >= 4 is 5.78 Å².